The fraction of sp³-hybridized carbons (Fsp3) is 0.444. The summed E-state index contributed by atoms with van der Waals surface area (Å²) in [5.74, 6) is 0.714. The Bertz CT molecular complexity index is 581. The number of aromatic nitrogens is 4. The quantitative estimate of drug-likeness (QED) is 0.556. The molecule has 0 unspecified atom stereocenters. The van der Waals surface area contributed by atoms with Crippen LogP contribution >= 0.6 is 0 Å². The molecule has 2 rings (SSSR count). The molecule has 0 aliphatic heterocycles. The van der Waals surface area contributed by atoms with Crippen molar-refractivity contribution in [2.24, 2.45) is 0 Å². The Morgan fingerprint density at radius 3 is 2.62 bits per heavy atom. The largest absolute Gasteiger partial charge is 0.369 e. The van der Waals surface area contributed by atoms with Gasteiger partial charge in [-0.15, -0.1) is 0 Å². The molecule has 7 heteroatoms. The third-order valence-electron chi connectivity index (χ3n) is 2.60. The normalized spacial score (nSPS) is 12.2. The van der Waals surface area contributed by atoms with Crippen LogP contribution in [0.15, 0.2) is 4.79 Å². The minimum absolute atomic E-state index is 0.0674. The summed E-state index contributed by atoms with van der Waals surface area (Å²) in [6.07, 6.45) is 0. The minimum atomic E-state index is -0.359. The molecule has 0 aliphatic rings. The Hall–Kier alpha value is -1.89. The van der Waals surface area contributed by atoms with E-state index in [1.165, 1.54) is 0 Å². The van der Waals surface area contributed by atoms with Gasteiger partial charge in [0, 0.05) is 0 Å². The van der Waals surface area contributed by atoms with Crippen LogP contribution in [0.3, 0.4) is 0 Å². The molecule has 86 valence electrons. The summed E-state index contributed by atoms with van der Waals surface area (Å²) < 4.78 is 0. The van der Waals surface area contributed by atoms with Crippen molar-refractivity contribution in [3.63, 3.8) is 0 Å². The van der Waals surface area contributed by atoms with E-state index in [1.54, 1.807) is 0 Å². The number of anilines is 1. The smallest absolute Gasteiger partial charge is 0.278 e. The second kappa shape index (κ2) is 3.31. The average Bonchev–Trinajstić information content (AvgIpc) is 2.62. The van der Waals surface area contributed by atoms with Gasteiger partial charge in [-0.05, 0) is 20.9 Å². The lowest BCUT2D eigenvalue weighted by molar-refractivity contribution is 0.421. The summed E-state index contributed by atoms with van der Waals surface area (Å²) in [4.78, 5) is 25.1. The van der Waals surface area contributed by atoms with Crippen molar-refractivity contribution >= 4 is 17.1 Å². The Kier molecular flexibility index (Phi) is 2.20. The second-order valence-corrected chi connectivity index (χ2v) is 4.11. The van der Waals surface area contributed by atoms with Gasteiger partial charge in [0.05, 0.1) is 5.54 Å². The molecular formula is C9H14N6O. The maximum absolute atomic E-state index is 11.6. The molecule has 0 saturated heterocycles. The number of H-pyrrole nitrogens is 2. The highest BCUT2D eigenvalue weighted by Gasteiger charge is 2.23. The molecule has 0 fully saturated rings. The van der Waals surface area contributed by atoms with E-state index in [4.69, 9.17) is 5.73 Å². The molecule has 0 atom stereocenters. The Labute approximate surface area is 91.5 Å². The number of fused-ring (bicyclic) bond motifs is 1. The van der Waals surface area contributed by atoms with Gasteiger partial charge in [-0.25, -0.2) is 4.98 Å². The molecule has 7 nitrogen and oxygen atoms in total. The molecule has 0 amide bonds. The second-order valence-electron chi connectivity index (χ2n) is 4.11. The van der Waals surface area contributed by atoms with Crippen LogP contribution in [0.1, 0.15) is 19.7 Å². The Morgan fingerprint density at radius 1 is 1.31 bits per heavy atom. The molecule has 0 saturated carbocycles. The zero-order valence-corrected chi connectivity index (χ0v) is 9.38. The molecule has 2 aromatic heterocycles. The van der Waals surface area contributed by atoms with E-state index < -0.39 is 0 Å². The van der Waals surface area contributed by atoms with Crippen LogP contribution in [0.2, 0.25) is 0 Å². The van der Waals surface area contributed by atoms with E-state index in [2.05, 4.69) is 25.3 Å². The van der Waals surface area contributed by atoms with Crippen LogP contribution in [0.25, 0.3) is 11.2 Å². The van der Waals surface area contributed by atoms with Gasteiger partial charge in [0.15, 0.2) is 11.2 Å². The SMILES string of the molecule is CNC(C)(C)c1nc2nc(N)[nH]c(=O)c2[nH]1. The first-order valence-electron chi connectivity index (χ1n) is 4.89. The van der Waals surface area contributed by atoms with Gasteiger partial charge in [0.1, 0.15) is 5.82 Å². The molecular weight excluding hydrogens is 208 g/mol. The predicted molar refractivity (Wildman–Crippen MR) is 61.0 cm³/mol. The summed E-state index contributed by atoms with van der Waals surface area (Å²) in [5, 5.41) is 3.09. The van der Waals surface area contributed by atoms with Crippen molar-refractivity contribution in [2.45, 2.75) is 19.4 Å². The summed E-state index contributed by atoms with van der Waals surface area (Å²) >= 11 is 0. The molecule has 2 aromatic rings. The van der Waals surface area contributed by atoms with Gasteiger partial charge in [-0.2, -0.15) is 4.98 Å². The highest BCUT2D eigenvalue weighted by Crippen LogP contribution is 2.17. The molecule has 0 aromatic carbocycles. The van der Waals surface area contributed by atoms with E-state index >= 15 is 0 Å². The molecule has 5 N–H and O–H groups in total. The van der Waals surface area contributed by atoms with Crippen LogP contribution in [0, 0.1) is 0 Å². The highest BCUT2D eigenvalue weighted by atomic mass is 16.1. The van der Waals surface area contributed by atoms with E-state index in [1.807, 2.05) is 20.9 Å². The summed E-state index contributed by atoms with van der Waals surface area (Å²) in [5.41, 5.74) is 5.44. The lowest BCUT2D eigenvalue weighted by Crippen LogP contribution is -2.34. The number of aromatic amines is 2. The Balaban J connectivity index is 2.70. The van der Waals surface area contributed by atoms with E-state index in [9.17, 15) is 4.79 Å². The van der Waals surface area contributed by atoms with E-state index in [-0.39, 0.29) is 17.0 Å². The maximum atomic E-state index is 11.6. The molecule has 0 bridgehead atoms. The van der Waals surface area contributed by atoms with Gasteiger partial charge in [-0.3, -0.25) is 9.78 Å². The Morgan fingerprint density at radius 2 is 2.00 bits per heavy atom. The number of hydrogen-bond donors (Lipinski definition) is 4. The number of nitrogen functional groups attached to an aromatic ring is 1. The topological polar surface area (TPSA) is 112 Å². The van der Waals surface area contributed by atoms with Crippen molar-refractivity contribution < 1.29 is 0 Å². The van der Waals surface area contributed by atoms with Crippen LogP contribution in [-0.4, -0.2) is 27.0 Å². The van der Waals surface area contributed by atoms with Crippen molar-refractivity contribution in [2.75, 3.05) is 12.8 Å². The van der Waals surface area contributed by atoms with Crippen molar-refractivity contribution in [3.05, 3.63) is 16.2 Å². The minimum Gasteiger partial charge on any atom is -0.369 e. The first kappa shape index (κ1) is 10.6. The number of imidazole rings is 1. The van der Waals surface area contributed by atoms with Gasteiger partial charge in [0.2, 0.25) is 5.95 Å². The van der Waals surface area contributed by atoms with Gasteiger partial charge >= 0.3 is 0 Å². The monoisotopic (exact) mass is 222 g/mol. The van der Waals surface area contributed by atoms with Crippen LogP contribution in [-0.2, 0) is 5.54 Å². The van der Waals surface area contributed by atoms with Crippen molar-refractivity contribution in [1.29, 1.82) is 0 Å². The first-order valence-corrected chi connectivity index (χ1v) is 4.89. The summed E-state index contributed by atoms with van der Waals surface area (Å²) in [6.45, 7) is 3.89. The number of rotatable bonds is 2. The first-order chi connectivity index (χ1) is 7.44. The van der Waals surface area contributed by atoms with Crippen LogP contribution in [0.4, 0.5) is 5.95 Å². The van der Waals surface area contributed by atoms with Crippen LogP contribution < -0.4 is 16.6 Å². The molecule has 0 aliphatic carbocycles. The third kappa shape index (κ3) is 1.54. The molecule has 2 heterocycles. The molecule has 16 heavy (non-hydrogen) atoms. The standard InChI is InChI=1S/C9H14N6O/c1-9(2,11-3)7-12-4-5(13-7)14-8(10)15-6(4)16/h11H,1-3H3,(H4,10,12,13,14,15,16). The summed E-state index contributed by atoms with van der Waals surface area (Å²) in [7, 11) is 1.82. The fourth-order valence-corrected chi connectivity index (χ4v) is 1.34. The van der Waals surface area contributed by atoms with Crippen molar-refractivity contribution in [1.82, 2.24) is 25.3 Å². The number of nitrogens with two attached hydrogens (primary N) is 1. The third-order valence-corrected chi connectivity index (χ3v) is 2.60. The number of nitrogens with one attached hydrogen (secondary N) is 3. The zero-order chi connectivity index (χ0) is 11.9. The number of hydrogen-bond acceptors (Lipinski definition) is 5. The lowest BCUT2D eigenvalue weighted by atomic mass is 10.1. The van der Waals surface area contributed by atoms with E-state index in [0.29, 0.717) is 17.0 Å². The predicted octanol–water partition coefficient (Wildman–Crippen LogP) is -0.317. The average molecular weight is 222 g/mol. The van der Waals surface area contributed by atoms with Gasteiger partial charge in [-0.1, -0.05) is 0 Å². The van der Waals surface area contributed by atoms with Crippen molar-refractivity contribution in [3.8, 4) is 0 Å². The maximum Gasteiger partial charge on any atom is 0.278 e. The highest BCUT2D eigenvalue weighted by molar-refractivity contribution is 5.70. The summed E-state index contributed by atoms with van der Waals surface area (Å²) in [6, 6.07) is 0. The fourth-order valence-electron chi connectivity index (χ4n) is 1.34. The molecule has 0 radical (unpaired) electrons. The lowest BCUT2D eigenvalue weighted by Gasteiger charge is -2.20. The van der Waals surface area contributed by atoms with E-state index in [0.717, 1.165) is 0 Å². The zero-order valence-electron chi connectivity index (χ0n) is 9.38. The van der Waals surface area contributed by atoms with Crippen LogP contribution in [0.5, 0.6) is 0 Å². The van der Waals surface area contributed by atoms with Gasteiger partial charge < -0.3 is 16.0 Å². The van der Waals surface area contributed by atoms with Gasteiger partial charge in [0.25, 0.3) is 5.56 Å². The molecule has 0 spiro atoms. The number of nitrogens with zero attached hydrogens (tertiary/aromatic N) is 2.